The highest BCUT2D eigenvalue weighted by Gasteiger charge is 2.31. The number of rotatable bonds is 5. The van der Waals surface area contributed by atoms with E-state index in [0.29, 0.717) is 27.2 Å². The maximum absolute atomic E-state index is 12.4. The Morgan fingerprint density at radius 2 is 2.18 bits per heavy atom. The van der Waals surface area contributed by atoms with Gasteiger partial charge in [-0.3, -0.25) is 14.5 Å². The summed E-state index contributed by atoms with van der Waals surface area (Å²) in [6.07, 6.45) is 2.51. The van der Waals surface area contributed by atoms with Gasteiger partial charge in [0.2, 0.25) is 0 Å². The van der Waals surface area contributed by atoms with Gasteiger partial charge in [0.1, 0.15) is 4.32 Å². The van der Waals surface area contributed by atoms with Gasteiger partial charge in [-0.05, 0) is 24.1 Å². The van der Waals surface area contributed by atoms with Gasteiger partial charge in [-0.15, -0.1) is 0 Å². The lowest BCUT2D eigenvalue weighted by Gasteiger charge is -2.13. The molecular formula is C15H14ClNO3S2. The van der Waals surface area contributed by atoms with Crippen LogP contribution in [0.2, 0.25) is 5.02 Å². The molecule has 1 heterocycles. The smallest absolute Gasteiger partial charge is 0.305 e. The van der Waals surface area contributed by atoms with Crippen LogP contribution in [0.15, 0.2) is 29.2 Å². The standard InChI is InChI=1S/C15H14ClNO3S2/c1-20-13(18)7-4-8-17-14(19)12(22-15(17)21)9-10-5-2-3-6-11(10)16/h2-3,5-6,9H,4,7-8H2,1H3/b12-9+. The number of thiocarbonyl (C=S) groups is 1. The Labute approximate surface area is 143 Å². The average molecular weight is 356 g/mol. The van der Waals surface area contributed by atoms with E-state index in [-0.39, 0.29) is 18.3 Å². The number of carbonyl (C=O) groups is 2. The monoisotopic (exact) mass is 355 g/mol. The van der Waals surface area contributed by atoms with Crippen LogP contribution < -0.4 is 0 Å². The Bertz CT molecular complexity index is 645. The molecule has 0 saturated carbocycles. The number of nitrogens with zero attached hydrogens (tertiary/aromatic N) is 1. The number of hydrogen-bond acceptors (Lipinski definition) is 5. The number of esters is 1. The highest BCUT2D eigenvalue weighted by Crippen LogP contribution is 2.33. The minimum atomic E-state index is -0.294. The molecule has 0 N–H and O–H groups in total. The minimum absolute atomic E-state index is 0.153. The number of thioether (sulfide) groups is 1. The van der Waals surface area contributed by atoms with E-state index >= 15 is 0 Å². The number of methoxy groups -OCH3 is 1. The Morgan fingerprint density at radius 1 is 1.45 bits per heavy atom. The quantitative estimate of drug-likeness (QED) is 0.459. The van der Waals surface area contributed by atoms with E-state index in [0.717, 1.165) is 5.56 Å². The predicted octanol–water partition coefficient (Wildman–Crippen LogP) is 3.49. The average Bonchev–Trinajstić information content (AvgIpc) is 2.76. The number of carbonyl (C=O) groups excluding carboxylic acids is 2. The normalized spacial score (nSPS) is 16.5. The highest BCUT2D eigenvalue weighted by molar-refractivity contribution is 8.26. The molecule has 1 aliphatic rings. The van der Waals surface area contributed by atoms with Crippen LogP contribution in [0.4, 0.5) is 0 Å². The number of hydrogen-bond donors (Lipinski definition) is 0. The molecule has 0 aliphatic carbocycles. The maximum atomic E-state index is 12.4. The molecule has 2 rings (SSSR count). The Balaban J connectivity index is 2.05. The molecule has 22 heavy (non-hydrogen) atoms. The maximum Gasteiger partial charge on any atom is 0.305 e. The number of ether oxygens (including phenoxy) is 1. The molecular weight excluding hydrogens is 342 g/mol. The zero-order chi connectivity index (χ0) is 16.1. The summed E-state index contributed by atoms with van der Waals surface area (Å²) in [6, 6.07) is 7.29. The summed E-state index contributed by atoms with van der Waals surface area (Å²) in [7, 11) is 1.34. The summed E-state index contributed by atoms with van der Waals surface area (Å²) in [5.41, 5.74) is 0.777. The molecule has 1 aromatic carbocycles. The van der Waals surface area contributed by atoms with E-state index < -0.39 is 0 Å². The third-order valence-electron chi connectivity index (χ3n) is 3.06. The van der Waals surface area contributed by atoms with Crippen LogP contribution in [0.5, 0.6) is 0 Å². The van der Waals surface area contributed by atoms with E-state index in [4.69, 9.17) is 23.8 Å². The third-order valence-corrected chi connectivity index (χ3v) is 4.78. The van der Waals surface area contributed by atoms with Crippen LogP contribution in [-0.2, 0) is 14.3 Å². The first-order chi connectivity index (χ1) is 10.5. The lowest BCUT2D eigenvalue weighted by Crippen LogP contribution is -2.29. The van der Waals surface area contributed by atoms with Crippen LogP contribution >= 0.6 is 35.6 Å². The van der Waals surface area contributed by atoms with Crippen molar-refractivity contribution in [1.82, 2.24) is 4.90 Å². The molecule has 1 aromatic rings. The summed E-state index contributed by atoms with van der Waals surface area (Å²) >= 11 is 12.6. The number of halogens is 1. The van der Waals surface area contributed by atoms with Crippen LogP contribution in [0.3, 0.4) is 0 Å². The first-order valence-electron chi connectivity index (χ1n) is 6.59. The molecule has 0 radical (unpaired) electrons. The molecule has 1 aliphatic heterocycles. The van der Waals surface area contributed by atoms with Crippen molar-refractivity contribution in [3.8, 4) is 0 Å². The molecule has 1 amide bonds. The van der Waals surface area contributed by atoms with E-state index in [1.54, 1.807) is 12.1 Å². The predicted molar refractivity (Wildman–Crippen MR) is 92.6 cm³/mol. The van der Waals surface area contributed by atoms with Gasteiger partial charge in [-0.25, -0.2) is 0 Å². The molecule has 7 heteroatoms. The fourth-order valence-electron chi connectivity index (χ4n) is 1.91. The zero-order valence-corrected chi connectivity index (χ0v) is 14.3. The van der Waals surface area contributed by atoms with Crippen molar-refractivity contribution >= 4 is 57.9 Å². The number of benzene rings is 1. The summed E-state index contributed by atoms with van der Waals surface area (Å²) in [6.45, 7) is 0.402. The van der Waals surface area contributed by atoms with Gasteiger partial charge in [0.15, 0.2) is 0 Å². The fourth-order valence-corrected chi connectivity index (χ4v) is 3.40. The van der Waals surface area contributed by atoms with Crippen molar-refractivity contribution in [3.05, 3.63) is 39.8 Å². The summed E-state index contributed by atoms with van der Waals surface area (Å²) in [4.78, 5) is 25.5. The molecule has 0 atom stereocenters. The van der Waals surface area contributed by atoms with E-state index in [1.807, 2.05) is 18.2 Å². The van der Waals surface area contributed by atoms with Crippen molar-refractivity contribution in [2.45, 2.75) is 12.8 Å². The van der Waals surface area contributed by atoms with Crippen LogP contribution in [0.25, 0.3) is 6.08 Å². The van der Waals surface area contributed by atoms with Crippen LogP contribution in [0.1, 0.15) is 18.4 Å². The fraction of sp³-hybridized carbons (Fsp3) is 0.267. The summed E-state index contributed by atoms with van der Waals surface area (Å²) in [5.74, 6) is -0.447. The Morgan fingerprint density at radius 3 is 2.86 bits per heavy atom. The molecule has 116 valence electrons. The summed E-state index contributed by atoms with van der Waals surface area (Å²) in [5, 5.41) is 0.582. The second kappa shape index (κ2) is 7.76. The zero-order valence-electron chi connectivity index (χ0n) is 11.9. The molecule has 0 bridgehead atoms. The van der Waals surface area contributed by atoms with E-state index in [1.165, 1.54) is 23.8 Å². The second-order valence-electron chi connectivity index (χ2n) is 4.53. The van der Waals surface area contributed by atoms with Gasteiger partial charge in [0, 0.05) is 18.0 Å². The topological polar surface area (TPSA) is 46.6 Å². The molecule has 0 unspecified atom stereocenters. The van der Waals surface area contributed by atoms with Gasteiger partial charge in [-0.1, -0.05) is 53.8 Å². The van der Waals surface area contributed by atoms with E-state index in [9.17, 15) is 9.59 Å². The number of amides is 1. The molecule has 1 fully saturated rings. The summed E-state index contributed by atoms with van der Waals surface area (Å²) < 4.78 is 5.07. The largest absolute Gasteiger partial charge is 0.469 e. The molecule has 1 saturated heterocycles. The van der Waals surface area contributed by atoms with Crippen molar-refractivity contribution in [2.75, 3.05) is 13.7 Å². The third kappa shape index (κ3) is 4.09. The molecule has 0 aromatic heterocycles. The van der Waals surface area contributed by atoms with Crippen LogP contribution in [0, 0.1) is 0 Å². The van der Waals surface area contributed by atoms with Gasteiger partial charge in [0.05, 0.1) is 12.0 Å². The minimum Gasteiger partial charge on any atom is -0.469 e. The molecule has 4 nitrogen and oxygen atoms in total. The van der Waals surface area contributed by atoms with Gasteiger partial charge in [0.25, 0.3) is 5.91 Å². The van der Waals surface area contributed by atoms with E-state index in [2.05, 4.69) is 4.74 Å². The SMILES string of the molecule is COC(=O)CCCN1C(=O)/C(=C\c2ccccc2Cl)SC1=S. The second-order valence-corrected chi connectivity index (χ2v) is 6.62. The van der Waals surface area contributed by atoms with Crippen molar-refractivity contribution < 1.29 is 14.3 Å². The van der Waals surface area contributed by atoms with Crippen molar-refractivity contribution in [1.29, 1.82) is 0 Å². The first kappa shape index (κ1) is 17.0. The van der Waals surface area contributed by atoms with Crippen LogP contribution in [-0.4, -0.2) is 34.8 Å². The molecule has 0 spiro atoms. The van der Waals surface area contributed by atoms with Gasteiger partial charge >= 0.3 is 5.97 Å². The Hall–Kier alpha value is -1.37. The lowest BCUT2D eigenvalue weighted by atomic mass is 10.2. The van der Waals surface area contributed by atoms with Gasteiger partial charge in [-0.2, -0.15) is 0 Å². The Kier molecular flexibility index (Phi) is 5.99. The van der Waals surface area contributed by atoms with Crippen molar-refractivity contribution in [3.63, 3.8) is 0 Å². The highest BCUT2D eigenvalue weighted by atomic mass is 35.5. The first-order valence-corrected chi connectivity index (χ1v) is 8.20. The van der Waals surface area contributed by atoms with Gasteiger partial charge < -0.3 is 4.74 Å². The lowest BCUT2D eigenvalue weighted by molar-refractivity contribution is -0.141. The van der Waals surface area contributed by atoms with Crippen molar-refractivity contribution in [2.24, 2.45) is 0 Å².